The molecular weight excluding hydrogens is 314 g/mol. The Morgan fingerprint density at radius 3 is 2.14 bits per heavy atom. The predicted molar refractivity (Wildman–Crippen MR) is 75.9 cm³/mol. The molecule has 0 aliphatic rings. The summed E-state index contributed by atoms with van der Waals surface area (Å²) >= 11 is 0. The molecule has 116 valence electrons. The second-order valence-electron chi connectivity index (χ2n) is 4.62. The quantitative estimate of drug-likeness (QED) is 0.626. The van der Waals surface area contributed by atoms with Gasteiger partial charge in [0, 0.05) is 11.1 Å². The molecule has 7 heteroatoms. The first-order valence-corrected chi connectivity index (χ1v) is 8.01. The molecule has 0 amide bonds. The summed E-state index contributed by atoms with van der Waals surface area (Å²) in [7, 11) is -3.54. The van der Waals surface area contributed by atoms with Crippen molar-refractivity contribution >= 4 is 15.9 Å². The smallest absolute Gasteiger partial charge is 0.264 e. The number of ketones is 1. The highest BCUT2D eigenvalue weighted by Gasteiger charge is 2.12. The predicted octanol–water partition coefficient (Wildman–Crippen LogP) is 2.67. The maximum absolute atomic E-state index is 13.1. The van der Waals surface area contributed by atoms with Crippen molar-refractivity contribution in [2.24, 2.45) is 0 Å². The summed E-state index contributed by atoms with van der Waals surface area (Å²) in [6.07, 6.45) is 0.938. The zero-order chi connectivity index (χ0) is 16.3. The van der Waals surface area contributed by atoms with Gasteiger partial charge in [0.1, 0.15) is 0 Å². The molecule has 0 saturated heterocycles. The molecule has 0 radical (unpaired) electrons. The number of hydrogen-bond acceptors (Lipinski definition) is 4. The molecule has 0 unspecified atom stereocenters. The number of carbonyl (C=O) groups excluding carboxylic acids is 1. The van der Waals surface area contributed by atoms with E-state index in [2.05, 4.69) is 4.18 Å². The number of hydrogen-bond donors (Lipinski definition) is 0. The molecule has 0 heterocycles. The minimum atomic E-state index is -3.54. The highest BCUT2D eigenvalue weighted by molar-refractivity contribution is 7.85. The van der Waals surface area contributed by atoms with Gasteiger partial charge < -0.3 is 0 Å². The maximum Gasteiger partial charge on any atom is 0.264 e. The van der Waals surface area contributed by atoms with Gasteiger partial charge in [0.05, 0.1) is 12.9 Å². The molecule has 0 aromatic heterocycles. The van der Waals surface area contributed by atoms with Gasteiger partial charge in [-0.15, -0.1) is 0 Å². The molecule has 0 spiro atoms. The lowest BCUT2D eigenvalue weighted by molar-refractivity contribution is 0.103. The molecule has 0 bridgehead atoms. The molecule has 4 nitrogen and oxygen atoms in total. The van der Waals surface area contributed by atoms with E-state index in [0.717, 1.165) is 18.4 Å². The Kier molecular flexibility index (Phi) is 4.68. The van der Waals surface area contributed by atoms with E-state index in [1.807, 2.05) is 0 Å². The molecule has 0 aliphatic heterocycles. The standard InChI is InChI=1S/C15H12F2O4S/c1-22(19,20)21-9-10-2-4-11(5-3-10)15(18)12-6-7-13(16)14(17)8-12/h2-8H,9H2,1H3. The molecule has 0 aliphatic carbocycles. The molecular formula is C15H12F2O4S. The summed E-state index contributed by atoms with van der Waals surface area (Å²) in [4.78, 5) is 12.1. The lowest BCUT2D eigenvalue weighted by atomic mass is 10.0. The number of carbonyl (C=O) groups is 1. The van der Waals surface area contributed by atoms with Crippen LogP contribution in [0.1, 0.15) is 21.5 Å². The Morgan fingerprint density at radius 1 is 1.00 bits per heavy atom. The molecule has 2 rings (SSSR count). The second-order valence-corrected chi connectivity index (χ2v) is 6.27. The van der Waals surface area contributed by atoms with Crippen molar-refractivity contribution in [1.29, 1.82) is 0 Å². The van der Waals surface area contributed by atoms with E-state index in [-0.39, 0.29) is 17.7 Å². The van der Waals surface area contributed by atoms with Gasteiger partial charge in [0.25, 0.3) is 10.1 Å². The summed E-state index contributed by atoms with van der Waals surface area (Å²) in [5.41, 5.74) is 0.861. The molecule has 0 fully saturated rings. The van der Waals surface area contributed by atoms with E-state index in [1.165, 1.54) is 30.3 Å². The monoisotopic (exact) mass is 326 g/mol. The van der Waals surface area contributed by atoms with Crippen LogP contribution in [0.3, 0.4) is 0 Å². The lowest BCUT2D eigenvalue weighted by Crippen LogP contribution is -2.04. The fourth-order valence-electron chi connectivity index (χ4n) is 1.73. The van der Waals surface area contributed by atoms with Gasteiger partial charge in [-0.05, 0) is 23.8 Å². The minimum absolute atomic E-state index is 0.0269. The first-order chi connectivity index (χ1) is 10.3. The molecule has 22 heavy (non-hydrogen) atoms. The summed E-state index contributed by atoms with van der Waals surface area (Å²) in [5.74, 6) is -2.58. The van der Waals surface area contributed by atoms with Crippen LogP contribution in [0.5, 0.6) is 0 Å². The van der Waals surface area contributed by atoms with Gasteiger partial charge in [0.2, 0.25) is 0 Å². The number of rotatable bonds is 5. The minimum Gasteiger partial charge on any atom is -0.289 e. The van der Waals surface area contributed by atoms with Crippen LogP contribution in [0, 0.1) is 11.6 Å². The Balaban J connectivity index is 2.15. The van der Waals surface area contributed by atoms with Gasteiger partial charge in [0.15, 0.2) is 17.4 Å². The van der Waals surface area contributed by atoms with Crippen LogP contribution in [-0.4, -0.2) is 20.5 Å². The highest BCUT2D eigenvalue weighted by atomic mass is 32.2. The van der Waals surface area contributed by atoms with Crippen molar-refractivity contribution in [3.05, 3.63) is 70.8 Å². The van der Waals surface area contributed by atoms with Crippen LogP contribution in [-0.2, 0) is 20.9 Å². The molecule has 0 N–H and O–H groups in total. The zero-order valence-electron chi connectivity index (χ0n) is 11.5. The van der Waals surface area contributed by atoms with E-state index < -0.39 is 27.5 Å². The maximum atomic E-state index is 13.1. The van der Waals surface area contributed by atoms with E-state index in [9.17, 15) is 22.0 Å². The van der Waals surface area contributed by atoms with E-state index in [4.69, 9.17) is 0 Å². The first-order valence-electron chi connectivity index (χ1n) is 6.19. The highest BCUT2D eigenvalue weighted by Crippen LogP contribution is 2.15. The van der Waals surface area contributed by atoms with Gasteiger partial charge in [-0.3, -0.25) is 8.98 Å². The molecule has 0 atom stereocenters. The fourth-order valence-corrected chi connectivity index (χ4v) is 2.08. The summed E-state index contributed by atoms with van der Waals surface area (Å²) < 4.78 is 52.4. The summed E-state index contributed by atoms with van der Waals surface area (Å²) in [5, 5.41) is 0. The summed E-state index contributed by atoms with van der Waals surface area (Å²) in [6, 6.07) is 8.89. The van der Waals surface area contributed by atoms with Gasteiger partial charge in [-0.25, -0.2) is 8.78 Å². The Labute approximate surface area is 126 Å². The van der Waals surface area contributed by atoms with Gasteiger partial charge in [-0.2, -0.15) is 8.42 Å². The van der Waals surface area contributed by atoms with E-state index >= 15 is 0 Å². The molecule has 2 aromatic carbocycles. The Morgan fingerprint density at radius 2 is 1.59 bits per heavy atom. The third kappa shape index (κ3) is 4.19. The van der Waals surface area contributed by atoms with Crippen LogP contribution in [0.2, 0.25) is 0 Å². The van der Waals surface area contributed by atoms with Crippen LogP contribution in [0.15, 0.2) is 42.5 Å². The molecule has 2 aromatic rings. The fraction of sp³-hybridized carbons (Fsp3) is 0.133. The molecule has 0 saturated carbocycles. The van der Waals surface area contributed by atoms with Crippen LogP contribution < -0.4 is 0 Å². The number of benzene rings is 2. The largest absolute Gasteiger partial charge is 0.289 e. The van der Waals surface area contributed by atoms with Crippen LogP contribution >= 0.6 is 0 Å². The van der Waals surface area contributed by atoms with Crippen molar-refractivity contribution in [1.82, 2.24) is 0 Å². The Hall–Kier alpha value is -2.12. The van der Waals surface area contributed by atoms with E-state index in [0.29, 0.717) is 5.56 Å². The number of halogens is 2. The Bertz CT molecular complexity index is 799. The second kappa shape index (κ2) is 6.33. The average Bonchev–Trinajstić information content (AvgIpc) is 2.47. The van der Waals surface area contributed by atoms with Gasteiger partial charge in [-0.1, -0.05) is 24.3 Å². The van der Waals surface area contributed by atoms with Crippen molar-refractivity contribution < 1.29 is 26.2 Å². The normalized spacial score (nSPS) is 11.4. The van der Waals surface area contributed by atoms with E-state index in [1.54, 1.807) is 0 Å². The van der Waals surface area contributed by atoms with Crippen LogP contribution in [0.25, 0.3) is 0 Å². The zero-order valence-corrected chi connectivity index (χ0v) is 12.4. The van der Waals surface area contributed by atoms with Crippen molar-refractivity contribution in [3.63, 3.8) is 0 Å². The van der Waals surface area contributed by atoms with Crippen LogP contribution in [0.4, 0.5) is 8.78 Å². The summed E-state index contributed by atoms with van der Waals surface area (Å²) in [6.45, 7) is -0.140. The topological polar surface area (TPSA) is 60.4 Å². The SMILES string of the molecule is CS(=O)(=O)OCc1ccc(C(=O)c2ccc(F)c(F)c2)cc1. The van der Waals surface area contributed by atoms with Crippen molar-refractivity contribution in [2.75, 3.05) is 6.26 Å². The third-order valence-electron chi connectivity index (χ3n) is 2.84. The lowest BCUT2D eigenvalue weighted by Gasteiger charge is -2.05. The van der Waals surface area contributed by atoms with Crippen molar-refractivity contribution in [3.8, 4) is 0 Å². The third-order valence-corrected chi connectivity index (χ3v) is 3.38. The average molecular weight is 326 g/mol. The van der Waals surface area contributed by atoms with Crippen molar-refractivity contribution in [2.45, 2.75) is 6.61 Å². The first kappa shape index (κ1) is 16.3. The van der Waals surface area contributed by atoms with Gasteiger partial charge >= 0.3 is 0 Å².